The van der Waals surface area contributed by atoms with Crippen molar-refractivity contribution in [1.82, 2.24) is 0 Å². The highest BCUT2D eigenvalue weighted by atomic mass is 15.4. The van der Waals surface area contributed by atoms with Crippen molar-refractivity contribution in [2.24, 2.45) is 0 Å². The number of pyridine rings is 1. The van der Waals surface area contributed by atoms with Crippen molar-refractivity contribution in [3.05, 3.63) is 139 Å². The van der Waals surface area contributed by atoms with Crippen LogP contribution in [0.25, 0.3) is 33.6 Å². The molecule has 0 atom stereocenters. The molecule has 0 aliphatic heterocycles. The fourth-order valence-corrected chi connectivity index (χ4v) is 3.97. The fraction of sp³-hybridized carbons (Fsp3) is 0.0333. The van der Waals surface area contributed by atoms with Gasteiger partial charge in [0.25, 0.3) is 0 Å². The second-order valence-corrected chi connectivity index (χ2v) is 7.77. The van der Waals surface area contributed by atoms with E-state index in [-0.39, 0.29) is 0 Å². The van der Waals surface area contributed by atoms with Gasteiger partial charge in [0, 0.05) is 23.3 Å². The molecule has 0 radical (unpaired) electrons. The van der Waals surface area contributed by atoms with E-state index in [2.05, 4.69) is 144 Å². The maximum Gasteiger partial charge on any atom is 0.243 e. The van der Waals surface area contributed by atoms with Gasteiger partial charge < -0.3 is 0 Å². The summed E-state index contributed by atoms with van der Waals surface area (Å²) >= 11 is 0. The molecular formula is C30H25N2+. The Morgan fingerprint density at radius 3 is 1.31 bits per heavy atom. The lowest BCUT2D eigenvalue weighted by Crippen LogP contribution is -2.48. The van der Waals surface area contributed by atoms with Gasteiger partial charge in [-0.25, -0.2) is 0 Å². The van der Waals surface area contributed by atoms with Crippen LogP contribution in [-0.2, 0) is 6.54 Å². The molecule has 0 unspecified atom stereocenters. The summed E-state index contributed by atoms with van der Waals surface area (Å²) < 4.78 is 2.23. The minimum Gasteiger partial charge on any atom is -0.188 e. The zero-order valence-electron chi connectivity index (χ0n) is 17.9. The SMILES string of the molecule is c1ccc(CN[n+]2c(-c3ccccc3)cc(-c3ccccc3)cc2-c2ccccc2)cc1. The van der Waals surface area contributed by atoms with E-state index in [9.17, 15) is 0 Å². The molecule has 0 saturated heterocycles. The van der Waals surface area contributed by atoms with Crippen LogP contribution in [0, 0.1) is 0 Å². The number of aromatic nitrogens is 1. The highest BCUT2D eigenvalue weighted by Crippen LogP contribution is 2.28. The van der Waals surface area contributed by atoms with Crippen molar-refractivity contribution in [3.63, 3.8) is 0 Å². The Morgan fingerprint density at radius 2 is 0.844 bits per heavy atom. The Hall–Kier alpha value is -4.17. The first-order valence-electron chi connectivity index (χ1n) is 10.9. The molecule has 32 heavy (non-hydrogen) atoms. The molecule has 4 aromatic carbocycles. The minimum absolute atomic E-state index is 0.732. The molecule has 1 aromatic heterocycles. The van der Waals surface area contributed by atoms with Crippen LogP contribution in [0.2, 0.25) is 0 Å². The summed E-state index contributed by atoms with van der Waals surface area (Å²) in [4.78, 5) is 0. The van der Waals surface area contributed by atoms with E-state index in [1.165, 1.54) is 27.8 Å². The lowest BCUT2D eigenvalue weighted by Gasteiger charge is -2.13. The first-order chi connectivity index (χ1) is 15.9. The van der Waals surface area contributed by atoms with Gasteiger partial charge >= 0.3 is 0 Å². The van der Waals surface area contributed by atoms with Crippen LogP contribution in [-0.4, -0.2) is 0 Å². The number of rotatable bonds is 6. The minimum atomic E-state index is 0.732. The molecule has 1 heterocycles. The third-order valence-electron chi connectivity index (χ3n) is 5.60. The molecule has 5 rings (SSSR count). The van der Waals surface area contributed by atoms with Gasteiger partial charge in [-0.2, -0.15) is 5.43 Å². The average Bonchev–Trinajstić information content (AvgIpc) is 2.89. The summed E-state index contributed by atoms with van der Waals surface area (Å²) in [7, 11) is 0. The molecule has 0 aliphatic carbocycles. The molecule has 0 fully saturated rings. The van der Waals surface area contributed by atoms with E-state index < -0.39 is 0 Å². The average molecular weight is 414 g/mol. The maximum atomic E-state index is 3.69. The molecule has 0 amide bonds. The number of nitrogens with zero attached hydrogens (tertiary/aromatic N) is 1. The second-order valence-electron chi connectivity index (χ2n) is 7.77. The molecule has 2 nitrogen and oxygen atoms in total. The normalized spacial score (nSPS) is 10.6. The van der Waals surface area contributed by atoms with Gasteiger partial charge in [-0.3, -0.25) is 0 Å². The number of hydrogen-bond donors (Lipinski definition) is 1. The van der Waals surface area contributed by atoms with Crippen LogP contribution < -0.4 is 10.1 Å². The van der Waals surface area contributed by atoms with E-state index in [1.807, 2.05) is 0 Å². The number of nitrogens with one attached hydrogen (secondary N) is 1. The molecule has 154 valence electrons. The highest BCUT2D eigenvalue weighted by Gasteiger charge is 2.23. The van der Waals surface area contributed by atoms with Crippen molar-refractivity contribution < 1.29 is 4.68 Å². The van der Waals surface area contributed by atoms with Crippen LogP contribution in [0.4, 0.5) is 0 Å². The summed E-state index contributed by atoms with van der Waals surface area (Å²) in [6, 6.07) is 46.8. The van der Waals surface area contributed by atoms with Crippen LogP contribution >= 0.6 is 0 Å². The summed E-state index contributed by atoms with van der Waals surface area (Å²) in [5.41, 5.74) is 11.9. The Bertz CT molecular complexity index is 1220. The Balaban J connectivity index is 1.71. The fourth-order valence-electron chi connectivity index (χ4n) is 3.97. The van der Waals surface area contributed by atoms with Crippen molar-refractivity contribution >= 4 is 0 Å². The van der Waals surface area contributed by atoms with Gasteiger partial charge in [0.2, 0.25) is 11.4 Å². The van der Waals surface area contributed by atoms with E-state index in [4.69, 9.17) is 0 Å². The molecule has 1 N–H and O–H groups in total. The molecule has 0 saturated carbocycles. The molecule has 2 heteroatoms. The monoisotopic (exact) mass is 413 g/mol. The first-order valence-corrected chi connectivity index (χ1v) is 10.9. The van der Waals surface area contributed by atoms with Crippen LogP contribution in [0.3, 0.4) is 0 Å². The third kappa shape index (κ3) is 4.30. The molecular weight excluding hydrogens is 388 g/mol. The second kappa shape index (κ2) is 9.32. The molecule has 0 aliphatic rings. The zero-order chi connectivity index (χ0) is 21.6. The summed E-state index contributed by atoms with van der Waals surface area (Å²) in [6.07, 6.45) is 0. The van der Waals surface area contributed by atoms with Crippen molar-refractivity contribution in [2.45, 2.75) is 6.54 Å². The van der Waals surface area contributed by atoms with E-state index in [0.717, 1.165) is 17.9 Å². The van der Waals surface area contributed by atoms with Gasteiger partial charge in [-0.1, -0.05) is 102 Å². The summed E-state index contributed by atoms with van der Waals surface area (Å²) in [6.45, 7) is 0.732. The van der Waals surface area contributed by atoms with Gasteiger partial charge in [-0.05, 0) is 41.0 Å². The smallest absolute Gasteiger partial charge is 0.188 e. The Kier molecular flexibility index (Phi) is 5.76. The van der Waals surface area contributed by atoms with Gasteiger partial charge in [0.05, 0.1) is 6.54 Å². The predicted octanol–water partition coefficient (Wildman–Crippen LogP) is 6.72. The lowest BCUT2D eigenvalue weighted by molar-refractivity contribution is -0.629. The summed E-state index contributed by atoms with van der Waals surface area (Å²) in [5.74, 6) is 0. The van der Waals surface area contributed by atoms with Gasteiger partial charge in [-0.15, -0.1) is 0 Å². The quantitative estimate of drug-likeness (QED) is 0.306. The molecule has 0 bridgehead atoms. The van der Waals surface area contributed by atoms with Crippen molar-refractivity contribution in [1.29, 1.82) is 0 Å². The van der Waals surface area contributed by atoms with Gasteiger partial charge in [0.15, 0.2) is 0 Å². The maximum absolute atomic E-state index is 3.69. The Labute approximate surface area is 189 Å². The van der Waals surface area contributed by atoms with Crippen LogP contribution in [0.1, 0.15) is 5.56 Å². The van der Waals surface area contributed by atoms with Crippen molar-refractivity contribution in [3.8, 4) is 33.6 Å². The third-order valence-corrected chi connectivity index (χ3v) is 5.60. The topological polar surface area (TPSA) is 15.9 Å². The predicted molar refractivity (Wildman–Crippen MR) is 132 cm³/mol. The Morgan fingerprint density at radius 1 is 0.438 bits per heavy atom. The van der Waals surface area contributed by atoms with Crippen LogP contribution in [0.15, 0.2) is 133 Å². The molecule has 0 spiro atoms. The number of hydrogen-bond acceptors (Lipinski definition) is 1. The van der Waals surface area contributed by atoms with E-state index in [1.54, 1.807) is 0 Å². The highest BCUT2D eigenvalue weighted by molar-refractivity contribution is 5.73. The van der Waals surface area contributed by atoms with Crippen molar-refractivity contribution in [2.75, 3.05) is 5.43 Å². The van der Waals surface area contributed by atoms with Crippen LogP contribution in [0.5, 0.6) is 0 Å². The number of benzene rings is 4. The largest absolute Gasteiger partial charge is 0.243 e. The van der Waals surface area contributed by atoms with Gasteiger partial charge in [0.1, 0.15) is 0 Å². The molecule has 5 aromatic rings. The lowest BCUT2D eigenvalue weighted by atomic mass is 9.99. The standard InChI is InChI=1S/C30H25N2/c1-5-13-24(14-6-1)23-31-32-29(26-17-9-3-10-18-26)21-28(25-15-7-2-8-16-25)22-30(32)27-19-11-4-12-20-27/h1-22,31H,23H2/q+1. The summed E-state index contributed by atoms with van der Waals surface area (Å²) in [5, 5.41) is 0. The zero-order valence-corrected chi connectivity index (χ0v) is 17.9. The first kappa shape index (κ1) is 19.8. The van der Waals surface area contributed by atoms with E-state index >= 15 is 0 Å². The van der Waals surface area contributed by atoms with E-state index in [0.29, 0.717) is 0 Å².